The number of nitrogens with one attached hydrogen (secondary N) is 1. The summed E-state index contributed by atoms with van der Waals surface area (Å²) in [4.78, 5) is 39.8. The van der Waals surface area contributed by atoms with Crippen LogP contribution in [0.25, 0.3) is 0 Å². The number of pyridine rings is 1. The minimum Gasteiger partial charge on any atom is -0.465 e. The Morgan fingerprint density at radius 1 is 1.38 bits per heavy atom. The molecule has 0 spiro atoms. The molecule has 2 rings (SSSR count). The van der Waals surface area contributed by atoms with Crippen LogP contribution in [0.5, 0.6) is 0 Å². The summed E-state index contributed by atoms with van der Waals surface area (Å²) in [6.45, 7) is 1.58. The predicted octanol–water partition coefficient (Wildman–Crippen LogP) is 2.07. The van der Waals surface area contributed by atoms with Crippen molar-refractivity contribution in [2.24, 2.45) is 5.73 Å². The second-order valence-corrected chi connectivity index (χ2v) is 6.64. The lowest BCUT2D eigenvalue weighted by Crippen LogP contribution is -2.16. The molecule has 0 atom stereocenters. The number of carbonyl (C=O) groups excluding carboxylic acids is 3. The lowest BCUT2D eigenvalue weighted by Gasteiger charge is -2.06. The fraction of sp³-hybridized carbons (Fsp3) is 0.200. The van der Waals surface area contributed by atoms with E-state index in [0.717, 1.165) is 11.3 Å². The summed E-state index contributed by atoms with van der Waals surface area (Å²) in [5, 5.41) is 3.59. The van der Waals surface area contributed by atoms with Gasteiger partial charge in [0, 0.05) is 6.20 Å². The van der Waals surface area contributed by atoms with Gasteiger partial charge in [-0.1, -0.05) is 17.8 Å². The first-order chi connectivity index (χ1) is 11.4. The largest absolute Gasteiger partial charge is 0.465 e. The van der Waals surface area contributed by atoms with E-state index in [4.69, 9.17) is 10.5 Å². The summed E-state index contributed by atoms with van der Waals surface area (Å²) < 4.78 is 4.71. The van der Waals surface area contributed by atoms with Gasteiger partial charge >= 0.3 is 5.97 Å². The lowest BCUT2D eigenvalue weighted by atomic mass is 10.1. The van der Waals surface area contributed by atoms with Crippen LogP contribution >= 0.6 is 23.1 Å². The molecule has 0 aliphatic carbocycles. The van der Waals surface area contributed by atoms with Crippen LogP contribution in [0.2, 0.25) is 0 Å². The first-order valence-corrected chi connectivity index (χ1v) is 8.59. The number of thioether (sulfide) groups is 1. The second kappa shape index (κ2) is 7.93. The van der Waals surface area contributed by atoms with Crippen molar-refractivity contribution in [3.63, 3.8) is 0 Å². The highest BCUT2D eigenvalue weighted by molar-refractivity contribution is 7.99. The first-order valence-electron chi connectivity index (χ1n) is 6.79. The highest BCUT2D eigenvalue weighted by atomic mass is 32.2. The number of rotatable bonds is 6. The van der Waals surface area contributed by atoms with Gasteiger partial charge in [0.1, 0.15) is 5.00 Å². The van der Waals surface area contributed by atoms with Crippen LogP contribution in [0, 0.1) is 6.92 Å². The van der Waals surface area contributed by atoms with Gasteiger partial charge < -0.3 is 15.8 Å². The molecule has 2 heterocycles. The molecule has 0 saturated carbocycles. The standard InChI is InChI=1S/C15H15N3O4S2/c1-8-11(15(21)22-2)14(24-12(8)13(16)20)18-9(19)7-23-10-5-3-4-6-17-10/h3-6H,7H2,1-2H3,(H2,16,20)(H,18,19). The minimum absolute atomic E-state index is 0.112. The number of nitrogens with two attached hydrogens (primary N) is 1. The molecule has 3 N–H and O–H groups in total. The van der Waals surface area contributed by atoms with Crippen LogP contribution in [-0.2, 0) is 9.53 Å². The van der Waals surface area contributed by atoms with Crippen LogP contribution in [0.15, 0.2) is 29.4 Å². The number of esters is 1. The number of amides is 2. The molecule has 7 nitrogen and oxygen atoms in total. The number of nitrogens with zero attached hydrogens (tertiary/aromatic N) is 1. The third kappa shape index (κ3) is 4.12. The van der Waals surface area contributed by atoms with Crippen molar-refractivity contribution in [3.8, 4) is 0 Å². The molecule has 0 fully saturated rings. The summed E-state index contributed by atoms with van der Waals surface area (Å²) in [6.07, 6.45) is 1.64. The second-order valence-electron chi connectivity index (χ2n) is 4.62. The maximum atomic E-state index is 12.1. The van der Waals surface area contributed by atoms with E-state index in [1.165, 1.54) is 18.9 Å². The molecule has 0 aliphatic rings. The van der Waals surface area contributed by atoms with E-state index in [2.05, 4.69) is 10.3 Å². The molecule has 2 aromatic heterocycles. The van der Waals surface area contributed by atoms with Gasteiger partial charge in [-0.25, -0.2) is 9.78 Å². The Kier molecular flexibility index (Phi) is 5.93. The number of carbonyl (C=O) groups is 3. The molecule has 9 heteroatoms. The van der Waals surface area contributed by atoms with Crippen molar-refractivity contribution in [2.45, 2.75) is 11.9 Å². The third-order valence-electron chi connectivity index (χ3n) is 3.00. The maximum absolute atomic E-state index is 12.1. The average molecular weight is 365 g/mol. The molecule has 24 heavy (non-hydrogen) atoms. The quantitative estimate of drug-likeness (QED) is 0.599. The van der Waals surface area contributed by atoms with E-state index in [0.29, 0.717) is 10.6 Å². The molecule has 2 aromatic rings. The highest BCUT2D eigenvalue weighted by Crippen LogP contribution is 2.33. The summed E-state index contributed by atoms with van der Waals surface area (Å²) >= 11 is 2.21. The Labute approximate surface area is 146 Å². The molecule has 0 radical (unpaired) electrons. The van der Waals surface area contributed by atoms with Crippen LogP contribution in [0.4, 0.5) is 5.00 Å². The van der Waals surface area contributed by atoms with Crippen LogP contribution < -0.4 is 11.1 Å². The monoisotopic (exact) mass is 365 g/mol. The zero-order chi connectivity index (χ0) is 17.7. The zero-order valence-corrected chi connectivity index (χ0v) is 14.6. The topological polar surface area (TPSA) is 111 Å². The van der Waals surface area contributed by atoms with Crippen LogP contribution in [0.1, 0.15) is 25.6 Å². The van der Waals surface area contributed by atoms with Gasteiger partial charge in [0.25, 0.3) is 5.91 Å². The zero-order valence-electron chi connectivity index (χ0n) is 13.0. The number of hydrogen-bond donors (Lipinski definition) is 2. The Morgan fingerprint density at radius 2 is 2.12 bits per heavy atom. The molecule has 0 saturated heterocycles. The predicted molar refractivity (Wildman–Crippen MR) is 92.5 cm³/mol. The van der Waals surface area contributed by atoms with Crippen molar-refractivity contribution >= 4 is 45.9 Å². The van der Waals surface area contributed by atoms with Crippen LogP contribution in [-0.4, -0.2) is 35.6 Å². The Balaban J connectivity index is 2.16. The van der Waals surface area contributed by atoms with Crippen molar-refractivity contribution < 1.29 is 19.1 Å². The highest BCUT2D eigenvalue weighted by Gasteiger charge is 2.25. The average Bonchev–Trinajstić information content (AvgIpc) is 2.89. The fourth-order valence-electron chi connectivity index (χ4n) is 1.92. The van der Waals surface area contributed by atoms with Crippen molar-refractivity contribution in [2.75, 3.05) is 18.2 Å². The smallest absolute Gasteiger partial charge is 0.341 e. The number of methoxy groups -OCH3 is 1. The number of primary amides is 1. The van der Waals surface area contributed by atoms with E-state index in [-0.39, 0.29) is 27.1 Å². The van der Waals surface area contributed by atoms with Gasteiger partial charge in [-0.05, 0) is 24.6 Å². The molecule has 2 amide bonds. The number of aromatic nitrogens is 1. The van der Waals surface area contributed by atoms with Gasteiger partial charge in [-0.15, -0.1) is 11.3 Å². The third-order valence-corrected chi connectivity index (χ3v) is 5.17. The Hall–Kier alpha value is -2.39. The van der Waals surface area contributed by atoms with Crippen LogP contribution in [0.3, 0.4) is 0 Å². The number of ether oxygens (including phenoxy) is 1. The van der Waals surface area contributed by atoms with Gasteiger partial charge in [-0.2, -0.15) is 0 Å². The molecule has 0 aliphatic heterocycles. The molecular weight excluding hydrogens is 350 g/mol. The van der Waals surface area contributed by atoms with Crippen molar-refractivity contribution in [3.05, 3.63) is 40.4 Å². The van der Waals surface area contributed by atoms with Crippen molar-refractivity contribution in [1.29, 1.82) is 0 Å². The molecule has 0 unspecified atom stereocenters. The number of hydrogen-bond acceptors (Lipinski definition) is 7. The number of anilines is 1. The summed E-state index contributed by atoms with van der Waals surface area (Å²) in [6, 6.07) is 5.40. The lowest BCUT2D eigenvalue weighted by molar-refractivity contribution is -0.113. The Morgan fingerprint density at radius 3 is 2.71 bits per heavy atom. The molecule has 126 valence electrons. The summed E-state index contributed by atoms with van der Waals surface area (Å²) in [5.41, 5.74) is 5.84. The fourth-order valence-corrected chi connectivity index (χ4v) is 3.64. The molecule has 0 bridgehead atoms. The van der Waals surface area contributed by atoms with E-state index in [1.54, 1.807) is 25.3 Å². The molecule has 0 aromatic carbocycles. The van der Waals surface area contributed by atoms with E-state index in [9.17, 15) is 14.4 Å². The Bertz CT molecular complexity index is 775. The van der Waals surface area contributed by atoms with Gasteiger partial charge in [0.05, 0.1) is 28.3 Å². The summed E-state index contributed by atoms with van der Waals surface area (Å²) in [7, 11) is 1.23. The van der Waals surface area contributed by atoms with E-state index >= 15 is 0 Å². The van der Waals surface area contributed by atoms with E-state index in [1.807, 2.05) is 6.07 Å². The SMILES string of the molecule is COC(=O)c1c(NC(=O)CSc2ccccn2)sc(C(N)=O)c1C. The first kappa shape index (κ1) is 18.0. The number of thiophene rings is 1. The van der Waals surface area contributed by atoms with E-state index < -0.39 is 11.9 Å². The normalized spacial score (nSPS) is 10.2. The molecular formula is C15H15N3O4S2. The van der Waals surface area contributed by atoms with Gasteiger partial charge in [0.15, 0.2) is 0 Å². The maximum Gasteiger partial charge on any atom is 0.341 e. The van der Waals surface area contributed by atoms with Crippen molar-refractivity contribution in [1.82, 2.24) is 4.98 Å². The van der Waals surface area contributed by atoms with Gasteiger partial charge in [0.2, 0.25) is 5.91 Å². The summed E-state index contributed by atoms with van der Waals surface area (Å²) in [5.74, 6) is -1.51. The minimum atomic E-state index is -0.661. The van der Waals surface area contributed by atoms with Gasteiger partial charge in [-0.3, -0.25) is 9.59 Å².